The second-order valence-corrected chi connectivity index (χ2v) is 11.7. The van der Waals surface area contributed by atoms with E-state index < -0.39 is 0 Å². The summed E-state index contributed by atoms with van der Waals surface area (Å²) in [6, 6.07) is 42.0. The van der Waals surface area contributed by atoms with Gasteiger partial charge < -0.3 is 18.3 Å². The largest absolute Gasteiger partial charge is 0.496 e. The Kier molecular flexibility index (Phi) is 9.79. The lowest BCUT2D eigenvalue weighted by molar-refractivity contribution is -0.109. The zero-order valence-electron chi connectivity index (χ0n) is 27.5. The van der Waals surface area contributed by atoms with Crippen LogP contribution in [0.4, 0.5) is 0 Å². The summed E-state index contributed by atoms with van der Waals surface area (Å²) >= 11 is 4.64. The number of halogens is 1. The van der Waals surface area contributed by atoms with E-state index in [0.29, 0.717) is 16.9 Å². The molecule has 244 valence electrons. The van der Waals surface area contributed by atoms with Gasteiger partial charge in [0.1, 0.15) is 33.8 Å². The first-order chi connectivity index (χ1) is 23.8. The molecular weight excluding hydrogens is 636 g/mol. The number of carbonyl (C=O) groups is 2. The van der Waals surface area contributed by atoms with Crippen molar-refractivity contribution >= 4 is 66.5 Å². The topological polar surface area (TPSA) is 78.9 Å². The first-order valence-corrected chi connectivity index (χ1v) is 16.0. The highest BCUT2D eigenvalue weighted by atomic mass is 35.5. The molecule has 0 aliphatic rings. The van der Waals surface area contributed by atoms with Gasteiger partial charge in [-0.15, -0.1) is 0 Å². The van der Waals surface area contributed by atoms with E-state index in [0.717, 1.165) is 66.3 Å². The van der Waals surface area contributed by atoms with Crippen LogP contribution >= 0.6 is 11.6 Å². The van der Waals surface area contributed by atoms with Gasteiger partial charge >= 0.3 is 0 Å². The highest BCUT2D eigenvalue weighted by molar-refractivity contribution is 6.62. The SMILES string of the molecule is CC(=O)Cl.COc1c(C(C)=O)cc2oc3ccccc3c2c1-c1ccccc1.COc1ccc2oc3ccccc3c2c1-c1ccccc1. The van der Waals surface area contributed by atoms with Gasteiger partial charge in [-0.05, 0) is 60.0 Å². The predicted molar refractivity (Wildman–Crippen MR) is 198 cm³/mol. The van der Waals surface area contributed by atoms with Crippen LogP contribution < -0.4 is 9.47 Å². The van der Waals surface area contributed by atoms with E-state index in [9.17, 15) is 9.59 Å². The first-order valence-electron chi connectivity index (χ1n) is 15.6. The molecule has 6 nitrogen and oxygen atoms in total. The highest BCUT2D eigenvalue weighted by Gasteiger charge is 2.22. The van der Waals surface area contributed by atoms with Gasteiger partial charge in [-0.25, -0.2) is 0 Å². The molecule has 0 aliphatic carbocycles. The molecule has 0 bridgehead atoms. The van der Waals surface area contributed by atoms with Crippen molar-refractivity contribution < 1.29 is 27.9 Å². The third-order valence-electron chi connectivity index (χ3n) is 8.05. The van der Waals surface area contributed by atoms with E-state index >= 15 is 0 Å². The van der Waals surface area contributed by atoms with Crippen LogP contribution in [0.5, 0.6) is 11.5 Å². The van der Waals surface area contributed by atoms with Crippen molar-refractivity contribution in [2.75, 3.05) is 14.2 Å². The zero-order valence-corrected chi connectivity index (χ0v) is 28.2. The number of hydrogen-bond acceptors (Lipinski definition) is 6. The summed E-state index contributed by atoms with van der Waals surface area (Å²) < 4.78 is 23.2. The molecule has 7 heteroatoms. The number of fused-ring (bicyclic) bond motifs is 6. The summed E-state index contributed by atoms with van der Waals surface area (Å²) in [5.74, 6) is 1.40. The Morgan fingerprint density at radius 2 is 1.02 bits per heavy atom. The van der Waals surface area contributed by atoms with E-state index in [-0.39, 0.29) is 11.0 Å². The molecule has 49 heavy (non-hydrogen) atoms. The van der Waals surface area contributed by atoms with Crippen LogP contribution in [0.15, 0.2) is 136 Å². The molecule has 0 spiro atoms. The minimum Gasteiger partial charge on any atom is -0.496 e. The fourth-order valence-electron chi connectivity index (χ4n) is 6.08. The highest BCUT2D eigenvalue weighted by Crippen LogP contribution is 2.45. The molecule has 0 unspecified atom stereocenters. The lowest BCUT2D eigenvalue weighted by Gasteiger charge is -2.14. The molecule has 2 heterocycles. The third kappa shape index (κ3) is 6.64. The zero-order chi connectivity index (χ0) is 34.5. The smallest absolute Gasteiger partial charge is 0.218 e. The van der Waals surface area contributed by atoms with E-state index in [2.05, 4.69) is 29.8 Å². The summed E-state index contributed by atoms with van der Waals surface area (Å²) in [7, 11) is 3.30. The van der Waals surface area contributed by atoms with Crippen molar-refractivity contribution in [1.29, 1.82) is 0 Å². The van der Waals surface area contributed by atoms with E-state index in [4.69, 9.17) is 18.3 Å². The number of methoxy groups -OCH3 is 2. The number of ether oxygens (including phenoxy) is 2. The standard InChI is InChI=1S/C21H16O3.C19H14O2.C2H3ClO/c1-13(22)16-12-18-20(15-10-6-7-11-17(15)24-18)19(21(16)23-2)14-8-4-3-5-9-14;1-20-16-11-12-17-19(14-9-5-6-10-15(14)21-17)18(16)13-7-3-2-4-8-13;1-2(3)4/h3-12H,1-2H3;2-12H,1H3;1H3. The molecule has 0 radical (unpaired) electrons. The number of Topliss-reactive ketones (excluding diaryl/α,β-unsaturated/α-hetero) is 1. The number of furan rings is 2. The number of carbonyl (C=O) groups excluding carboxylic acids is 2. The summed E-state index contributed by atoms with van der Waals surface area (Å²) in [4.78, 5) is 21.4. The average molecular weight is 669 g/mol. The molecule has 0 saturated carbocycles. The van der Waals surface area contributed by atoms with Crippen LogP contribution in [0, 0.1) is 0 Å². The van der Waals surface area contributed by atoms with E-state index in [1.807, 2.05) is 103 Å². The maximum absolute atomic E-state index is 12.1. The van der Waals surface area contributed by atoms with Crippen LogP contribution in [-0.4, -0.2) is 25.2 Å². The Balaban J connectivity index is 0.000000155. The van der Waals surface area contributed by atoms with Gasteiger partial charge in [0.15, 0.2) is 5.78 Å². The molecule has 2 aromatic heterocycles. The normalized spacial score (nSPS) is 10.7. The molecule has 0 amide bonds. The number of ketones is 1. The van der Waals surface area contributed by atoms with Gasteiger partial charge in [-0.3, -0.25) is 9.59 Å². The van der Waals surface area contributed by atoms with E-state index in [1.54, 1.807) is 27.2 Å². The van der Waals surface area contributed by atoms with Crippen LogP contribution in [0.1, 0.15) is 24.2 Å². The van der Waals surface area contributed by atoms with Crippen molar-refractivity contribution in [3.8, 4) is 33.8 Å². The summed E-state index contributed by atoms with van der Waals surface area (Å²) in [6.07, 6.45) is 0. The molecule has 0 atom stereocenters. The second kappa shape index (κ2) is 14.5. The average Bonchev–Trinajstić information content (AvgIpc) is 3.69. The van der Waals surface area contributed by atoms with Crippen LogP contribution in [0.2, 0.25) is 0 Å². The number of para-hydroxylation sites is 2. The fraction of sp³-hybridized carbons (Fsp3) is 0.0952. The van der Waals surface area contributed by atoms with Crippen molar-refractivity contribution in [2.45, 2.75) is 13.8 Å². The maximum atomic E-state index is 12.1. The number of benzene rings is 6. The number of rotatable bonds is 5. The van der Waals surface area contributed by atoms with Crippen molar-refractivity contribution in [1.82, 2.24) is 0 Å². The monoisotopic (exact) mass is 668 g/mol. The van der Waals surface area contributed by atoms with Crippen LogP contribution in [-0.2, 0) is 4.79 Å². The van der Waals surface area contributed by atoms with Crippen molar-refractivity contribution in [3.63, 3.8) is 0 Å². The Morgan fingerprint density at radius 3 is 1.53 bits per heavy atom. The minimum atomic E-state index is -0.361. The summed E-state index contributed by atoms with van der Waals surface area (Å²) in [5.41, 5.74) is 7.91. The van der Waals surface area contributed by atoms with Gasteiger partial charge in [0.25, 0.3) is 0 Å². The Morgan fingerprint density at radius 1 is 0.551 bits per heavy atom. The molecule has 0 fully saturated rings. The molecule has 8 rings (SSSR count). The Bertz CT molecular complexity index is 2420. The van der Waals surface area contributed by atoms with Gasteiger partial charge in [0.2, 0.25) is 5.24 Å². The molecule has 8 aromatic rings. The van der Waals surface area contributed by atoms with Gasteiger partial charge in [0, 0.05) is 39.6 Å². The Labute approximate surface area is 288 Å². The van der Waals surface area contributed by atoms with E-state index in [1.165, 1.54) is 6.92 Å². The Hall–Kier alpha value is -5.85. The molecule has 0 aliphatic heterocycles. The van der Waals surface area contributed by atoms with Crippen LogP contribution in [0.25, 0.3) is 66.1 Å². The molecule has 0 N–H and O–H groups in total. The second-order valence-electron chi connectivity index (χ2n) is 11.2. The first kappa shape index (κ1) is 33.1. The lowest BCUT2D eigenvalue weighted by atomic mass is 9.94. The lowest BCUT2D eigenvalue weighted by Crippen LogP contribution is -2.00. The van der Waals surface area contributed by atoms with Crippen molar-refractivity contribution in [3.05, 3.63) is 133 Å². The van der Waals surface area contributed by atoms with Crippen molar-refractivity contribution in [2.24, 2.45) is 0 Å². The molecule has 6 aromatic carbocycles. The third-order valence-corrected chi connectivity index (χ3v) is 8.05. The maximum Gasteiger partial charge on any atom is 0.218 e. The predicted octanol–water partition coefficient (Wildman–Crippen LogP) is 11.5. The number of hydrogen-bond donors (Lipinski definition) is 0. The fourth-order valence-corrected chi connectivity index (χ4v) is 6.08. The molecular formula is C42H33ClO6. The minimum absolute atomic E-state index is 0.0496. The van der Waals surface area contributed by atoms with Gasteiger partial charge in [-0.2, -0.15) is 0 Å². The summed E-state index contributed by atoms with van der Waals surface area (Å²) in [5, 5.41) is 3.85. The summed E-state index contributed by atoms with van der Waals surface area (Å²) in [6.45, 7) is 2.84. The molecule has 0 saturated heterocycles. The van der Waals surface area contributed by atoms with Gasteiger partial charge in [0.05, 0.1) is 19.8 Å². The quantitative estimate of drug-likeness (QED) is 0.134. The van der Waals surface area contributed by atoms with Crippen LogP contribution in [0.3, 0.4) is 0 Å². The van der Waals surface area contributed by atoms with Gasteiger partial charge in [-0.1, -0.05) is 97.1 Å².